The molecule has 0 aliphatic heterocycles. The fourth-order valence-corrected chi connectivity index (χ4v) is 2.20. The normalized spacial score (nSPS) is 15.5. The van der Waals surface area contributed by atoms with Crippen LogP contribution in [0.25, 0.3) is 11.4 Å². The second kappa shape index (κ2) is 4.56. The second-order valence-corrected chi connectivity index (χ2v) is 4.84. The van der Waals surface area contributed by atoms with E-state index in [2.05, 4.69) is 15.5 Å². The molecule has 1 aliphatic carbocycles. The van der Waals surface area contributed by atoms with Crippen molar-refractivity contribution in [1.82, 2.24) is 20.2 Å². The van der Waals surface area contributed by atoms with Crippen molar-refractivity contribution < 1.29 is 8.78 Å². The maximum absolute atomic E-state index is 13.3. The van der Waals surface area contributed by atoms with E-state index in [1.165, 1.54) is 6.42 Å². The molecule has 0 spiro atoms. The van der Waals surface area contributed by atoms with E-state index in [1.807, 2.05) is 0 Å². The van der Waals surface area contributed by atoms with Gasteiger partial charge >= 0.3 is 0 Å². The Morgan fingerprint density at radius 2 is 2.00 bits per heavy atom. The van der Waals surface area contributed by atoms with E-state index in [4.69, 9.17) is 5.73 Å². The van der Waals surface area contributed by atoms with Crippen molar-refractivity contribution in [3.8, 4) is 11.4 Å². The summed E-state index contributed by atoms with van der Waals surface area (Å²) in [6.07, 6.45) is 3.51. The number of nitrogen functional groups attached to an aromatic ring is 1. The molecule has 1 aromatic heterocycles. The largest absolute Gasteiger partial charge is 0.398 e. The molecule has 1 aromatic carbocycles. The van der Waals surface area contributed by atoms with Gasteiger partial charge < -0.3 is 5.73 Å². The molecule has 5 nitrogen and oxygen atoms in total. The minimum Gasteiger partial charge on any atom is -0.398 e. The zero-order valence-electron chi connectivity index (χ0n) is 10.2. The van der Waals surface area contributed by atoms with Gasteiger partial charge in [0, 0.05) is 23.9 Å². The number of halogens is 2. The average Bonchev–Trinajstić information content (AvgIpc) is 2.76. The zero-order chi connectivity index (χ0) is 13.4. The third kappa shape index (κ3) is 2.16. The lowest BCUT2D eigenvalue weighted by molar-refractivity contribution is 0.265. The minimum atomic E-state index is -0.973. The van der Waals surface area contributed by atoms with Gasteiger partial charge in [0.25, 0.3) is 0 Å². The van der Waals surface area contributed by atoms with Crippen molar-refractivity contribution >= 4 is 5.69 Å². The van der Waals surface area contributed by atoms with Gasteiger partial charge in [0.2, 0.25) is 0 Å². The predicted molar refractivity (Wildman–Crippen MR) is 64.9 cm³/mol. The van der Waals surface area contributed by atoms with E-state index in [-0.39, 0.29) is 5.69 Å². The Balaban J connectivity index is 1.97. The van der Waals surface area contributed by atoms with Crippen LogP contribution in [0.3, 0.4) is 0 Å². The topological polar surface area (TPSA) is 69.6 Å². The van der Waals surface area contributed by atoms with E-state index in [1.54, 1.807) is 4.68 Å². The molecule has 1 fully saturated rings. The number of aromatic nitrogens is 4. The first kappa shape index (κ1) is 12.0. The number of benzene rings is 1. The maximum atomic E-state index is 13.3. The number of hydrogen-bond donors (Lipinski definition) is 1. The third-order valence-corrected chi connectivity index (χ3v) is 3.52. The Morgan fingerprint density at radius 3 is 2.68 bits per heavy atom. The second-order valence-electron chi connectivity index (χ2n) is 4.84. The molecule has 0 atom stereocenters. The molecule has 1 saturated carbocycles. The molecule has 0 amide bonds. The fraction of sp³-hybridized carbons (Fsp3) is 0.417. The molecule has 0 unspecified atom stereocenters. The van der Waals surface area contributed by atoms with Crippen molar-refractivity contribution in [3.05, 3.63) is 23.8 Å². The van der Waals surface area contributed by atoms with Crippen molar-refractivity contribution in [2.75, 3.05) is 5.73 Å². The van der Waals surface area contributed by atoms with Crippen LogP contribution < -0.4 is 5.73 Å². The van der Waals surface area contributed by atoms with Crippen LogP contribution in [0.15, 0.2) is 12.1 Å². The molecule has 1 aliphatic rings. The summed E-state index contributed by atoms with van der Waals surface area (Å²) in [6.45, 7) is 0.681. The minimum absolute atomic E-state index is 0.128. The van der Waals surface area contributed by atoms with Gasteiger partial charge in [-0.1, -0.05) is 6.42 Å². The number of tetrazole rings is 1. The highest BCUT2D eigenvalue weighted by Gasteiger charge is 2.22. The molecule has 0 bridgehead atoms. The van der Waals surface area contributed by atoms with Crippen LogP contribution in [-0.4, -0.2) is 20.2 Å². The summed E-state index contributed by atoms with van der Waals surface area (Å²) in [5, 5.41) is 11.3. The first-order chi connectivity index (χ1) is 9.15. The van der Waals surface area contributed by atoms with Gasteiger partial charge in [-0.05, 0) is 35.3 Å². The van der Waals surface area contributed by atoms with Gasteiger partial charge in [0.15, 0.2) is 17.5 Å². The summed E-state index contributed by atoms with van der Waals surface area (Å²) in [6, 6.07) is 1.99. The molecule has 0 radical (unpaired) electrons. The number of rotatable bonds is 3. The van der Waals surface area contributed by atoms with Crippen LogP contribution in [-0.2, 0) is 6.54 Å². The smallest absolute Gasteiger partial charge is 0.184 e. The van der Waals surface area contributed by atoms with Gasteiger partial charge in [-0.25, -0.2) is 13.5 Å². The predicted octanol–water partition coefficient (Wildman–Crippen LogP) is 2.00. The number of anilines is 1. The van der Waals surface area contributed by atoms with Crippen molar-refractivity contribution in [3.63, 3.8) is 0 Å². The lowest BCUT2D eigenvalue weighted by Crippen LogP contribution is -2.19. The third-order valence-electron chi connectivity index (χ3n) is 3.52. The molecule has 2 aromatic rings. The summed E-state index contributed by atoms with van der Waals surface area (Å²) in [5.41, 5.74) is 6.16. The lowest BCUT2D eigenvalue weighted by Gasteiger charge is -2.25. The monoisotopic (exact) mass is 265 g/mol. The van der Waals surface area contributed by atoms with Gasteiger partial charge in [-0.15, -0.1) is 5.10 Å². The quantitative estimate of drug-likeness (QED) is 0.862. The average molecular weight is 265 g/mol. The molecule has 7 heteroatoms. The molecule has 100 valence electrons. The molecule has 1 heterocycles. The molecular formula is C12H13F2N5. The van der Waals surface area contributed by atoms with Crippen LogP contribution >= 0.6 is 0 Å². The summed E-state index contributed by atoms with van der Waals surface area (Å²) in [4.78, 5) is 0. The van der Waals surface area contributed by atoms with E-state index in [0.29, 0.717) is 23.9 Å². The molecule has 0 saturated heterocycles. The van der Waals surface area contributed by atoms with Gasteiger partial charge in [0.1, 0.15) is 0 Å². The summed E-state index contributed by atoms with van der Waals surface area (Å²) < 4.78 is 28.0. The number of hydrogen-bond acceptors (Lipinski definition) is 4. The summed E-state index contributed by atoms with van der Waals surface area (Å²) >= 11 is 0. The van der Waals surface area contributed by atoms with Crippen LogP contribution in [0.2, 0.25) is 0 Å². The molecule has 19 heavy (non-hydrogen) atoms. The highest BCUT2D eigenvalue weighted by atomic mass is 19.2. The fourth-order valence-electron chi connectivity index (χ4n) is 2.20. The van der Waals surface area contributed by atoms with Crippen molar-refractivity contribution in [2.45, 2.75) is 25.8 Å². The van der Waals surface area contributed by atoms with Crippen LogP contribution in [0.1, 0.15) is 19.3 Å². The van der Waals surface area contributed by atoms with E-state index >= 15 is 0 Å². The summed E-state index contributed by atoms with van der Waals surface area (Å²) in [5.74, 6) is -1.00. The van der Waals surface area contributed by atoms with Gasteiger partial charge in [-0.2, -0.15) is 0 Å². The van der Waals surface area contributed by atoms with Crippen LogP contribution in [0.4, 0.5) is 14.5 Å². The van der Waals surface area contributed by atoms with Gasteiger partial charge in [-0.3, -0.25) is 0 Å². The first-order valence-electron chi connectivity index (χ1n) is 6.16. The lowest BCUT2D eigenvalue weighted by atomic mass is 9.85. The van der Waals surface area contributed by atoms with E-state index < -0.39 is 11.6 Å². The molecular weight excluding hydrogens is 252 g/mol. The standard InChI is InChI=1S/C12H13F2N5/c13-9-4-8(11(15)5-10(9)14)12-16-17-18-19(12)6-7-2-1-3-7/h4-5,7H,1-3,6,15H2. The van der Waals surface area contributed by atoms with Crippen LogP contribution in [0, 0.1) is 17.6 Å². The van der Waals surface area contributed by atoms with Crippen molar-refractivity contribution in [1.29, 1.82) is 0 Å². The van der Waals surface area contributed by atoms with Crippen molar-refractivity contribution in [2.24, 2.45) is 5.92 Å². The Kier molecular flexibility index (Phi) is 2.88. The SMILES string of the molecule is Nc1cc(F)c(F)cc1-c1nnnn1CC1CCC1. The Hall–Kier alpha value is -2.05. The Labute approximate surface area is 108 Å². The summed E-state index contributed by atoms with van der Waals surface area (Å²) in [7, 11) is 0. The van der Waals surface area contributed by atoms with Gasteiger partial charge in [0.05, 0.1) is 0 Å². The van der Waals surface area contributed by atoms with Crippen LogP contribution in [0.5, 0.6) is 0 Å². The molecule has 3 rings (SSSR count). The highest BCUT2D eigenvalue weighted by Crippen LogP contribution is 2.30. The first-order valence-corrected chi connectivity index (χ1v) is 6.16. The number of nitrogens with zero attached hydrogens (tertiary/aromatic N) is 4. The Bertz CT molecular complexity index is 606. The van der Waals surface area contributed by atoms with E-state index in [0.717, 1.165) is 25.0 Å². The Morgan fingerprint density at radius 1 is 1.26 bits per heavy atom. The van der Waals surface area contributed by atoms with E-state index in [9.17, 15) is 8.78 Å². The number of nitrogens with two attached hydrogens (primary N) is 1. The zero-order valence-corrected chi connectivity index (χ0v) is 10.2. The highest BCUT2D eigenvalue weighted by molar-refractivity contribution is 5.71. The molecule has 2 N–H and O–H groups in total. The maximum Gasteiger partial charge on any atom is 0.184 e.